The molecule has 0 atom stereocenters. The van der Waals surface area contributed by atoms with Crippen LogP contribution in [-0.2, 0) is 4.74 Å². The van der Waals surface area contributed by atoms with Crippen LogP contribution in [0.4, 0.5) is 0 Å². The summed E-state index contributed by atoms with van der Waals surface area (Å²) in [5, 5.41) is 0. The Balaban J connectivity index is 2.43. The molecule has 0 spiro atoms. The molecule has 2 aromatic rings. The quantitative estimate of drug-likeness (QED) is 0.790. The summed E-state index contributed by atoms with van der Waals surface area (Å²) in [4.78, 5) is 0. The van der Waals surface area contributed by atoms with Crippen LogP contribution in [0.5, 0.6) is 5.75 Å². The van der Waals surface area contributed by atoms with E-state index in [1.807, 2.05) is 36.4 Å². The molecule has 0 aliphatic rings. The average molecular weight is 293 g/mol. The predicted molar refractivity (Wildman–Crippen MR) is 72.1 cm³/mol. The lowest BCUT2D eigenvalue weighted by Gasteiger charge is -2.12. The molecule has 0 aliphatic carbocycles. The molecular weight excluding hydrogens is 280 g/mol. The largest absolute Gasteiger partial charge is 0.466 e. The van der Waals surface area contributed by atoms with Crippen LogP contribution in [0, 0.1) is 0 Å². The number of benzene rings is 2. The summed E-state index contributed by atoms with van der Waals surface area (Å²) >= 11 is 3.49. The van der Waals surface area contributed by atoms with Crippen LogP contribution >= 0.6 is 15.9 Å². The lowest BCUT2D eigenvalue weighted by molar-refractivity contribution is 0.0510. The summed E-state index contributed by atoms with van der Waals surface area (Å²) in [6, 6.07) is 16.1. The van der Waals surface area contributed by atoms with Crippen LogP contribution in [0.15, 0.2) is 53.0 Å². The molecule has 2 aromatic carbocycles. The minimum Gasteiger partial charge on any atom is -0.466 e. The first-order chi connectivity index (χ1) is 8.33. The van der Waals surface area contributed by atoms with Gasteiger partial charge in [0.05, 0.1) is 4.47 Å². The molecule has 0 N–H and O–H groups in total. The fourth-order valence-electron chi connectivity index (χ4n) is 1.62. The van der Waals surface area contributed by atoms with Gasteiger partial charge in [-0.2, -0.15) is 0 Å². The molecule has 0 heterocycles. The van der Waals surface area contributed by atoms with E-state index in [0.29, 0.717) is 0 Å². The van der Waals surface area contributed by atoms with Crippen LogP contribution in [-0.4, -0.2) is 13.9 Å². The first-order valence-electron chi connectivity index (χ1n) is 5.28. The molecule has 0 saturated heterocycles. The molecule has 0 radical (unpaired) electrons. The fraction of sp³-hybridized carbons (Fsp3) is 0.143. The van der Waals surface area contributed by atoms with Gasteiger partial charge in [0.15, 0.2) is 6.79 Å². The van der Waals surface area contributed by atoms with Crippen molar-refractivity contribution in [1.29, 1.82) is 0 Å². The van der Waals surface area contributed by atoms with Gasteiger partial charge in [-0.15, -0.1) is 0 Å². The molecule has 2 rings (SSSR count). The van der Waals surface area contributed by atoms with Crippen molar-refractivity contribution < 1.29 is 9.47 Å². The van der Waals surface area contributed by atoms with Gasteiger partial charge < -0.3 is 9.47 Å². The minimum atomic E-state index is 0.239. The van der Waals surface area contributed by atoms with Crippen molar-refractivity contribution in [2.45, 2.75) is 0 Å². The maximum Gasteiger partial charge on any atom is 0.188 e. The predicted octanol–water partition coefficient (Wildman–Crippen LogP) is 4.10. The summed E-state index contributed by atoms with van der Waals surface area (Å²) in [7, 11) is 1.61. The Kier molecular flexibility index (Phi) is 4.18. The lowest BCUT2D eigenvalue weighted by atomic mass is 10.1. The lowest BCUT2D eigenvalue weighted by Crippen LogP contribution is -2.00. The second kappa shape index (κ2) is 5.84. The normalized spacial score (nSPS) is 10.2. The van der Waals surface area contributed by atoms with E-state index in [2.05, 4.69) is 28.1 Å². The van der Waals surface area contributed by atoms with Gasteiger partial charge in [-0.25, -0.2) is 0 Å². The standard InChI is InChI=1S/C14H13BrO2/c1-16-10-17-14-12(8-5-9-13(14)15)11-6-3-2-4-7-11/h2-9H,10H2,1H3. The highest BCUT2D eigenvalue weighted by molar-refractivity contribution is 9.10. The second-order valence-electron chi connectivity index (χ2n) is 3.53. The van der Waals surface area contributed by atoms with E-state index >= 15 is 0 Å². The van der Waals surface area contributed by atoms with Gasteiger partial charge in [0, 0.05) is 12.7 Å². The average Bonchev–Trinajstić information content (AvgIpc) is 2.38. The van der Waals surface area contributed by atoms with Gasteiger partial charge in [0.2, 0.25) is 0 Å². The highest BCUT2D eigenvalue weighted by atomic mass is 79.9. The molecule has 0 aliphatic heterocycles. The molecule has 0 unspecified atom stereocenters. The molecular formula is C14H13BrO2. The number of ether oxygens (including phenoxy) is 2. The maximum atomic E-state index is 5.60. The summed E-state index contributed by atoms with van der Waals surface area (Å²) in [5.41, 5.74) is 2.18. The number of rotatable bonds is 4. The Morgan fingerprint density at radius 2 is 1.76 bits per heavy atom. The first-order valence-corrected chi connectivity index (χ1v) is 6.08. The molecule has 0 fully saturated rings. The van der Waals surface area contributed by atoms with Crippen LogP contribution < -0.4 is 4.74 Å². The van der Waals surface area contributed by atoms with Crippen molar-refractivity contribution in [2.75, 3.05) is 13.9 Å². The molecule has 2 nitrogen and oxygen atoms in total. The topological polar surface area (TPSA) is 18.5 Å². The SMILES string of the molecule is COCOc1c(Br)cccc1-c1ccccc1. The monoisotopic (exact) mass is 292 g/mol. The van der Waals surface area contributed by atoms with Gasteiger partial charge in [-0.1, -0.05) is 42.5 Å². The Morgan fingerprint density at radius 1 is 1.00 bits per heavy atom. The van der Waals surface area contributed by atoms with E-state index in [-0.39, 0.29) is 6.79 Å². The van der Waals surface area contributed by atoms with Gasteiger partial charge >= 0.3 is 0 Å². The van der Waals surface area contributed by atoms with E-state index in [0.717, 1.165) is 21.3 Å². The van der Waals surface area contributed by atoms with Crippen molar-refractivity contribution in [3.05, 3.63) is 53.0 Å². The Hall–Kier alpha value is -1.32. The van der Waals surface area contributed by atoms with Gasteiger partial charge in [0.1, 0.15) is 5.75 Å². The maximum absolute atomic E-state index is 5.60. The molecule has 0 aromatic heterocycles. The molecule has 17 heavy (non-hydrogen) atoms. The Bertz CT molecular complexity index is 483. The number of halogens is 1. The van der Waals surface area contributed by atoms with Crippen molar-refractivity contribution in [3.63, 3.8) is 0 Å². The summed E-state index contributed by atoms with van der Waals surface area (Å²) in [6.45, 7) is 0.239. The van der Waals surface area contributed by atoms with Gasteiger partial charge in [-0.05, 0) is 27.6 Å². The molecule has 0 saturated carbocycles. The molecule has 0 amide bonds. The second-order valence-corrected chi connectivity index (χ2v) is 4.39. The van der Waals surface area contributed by atoms with E-state index in [4.69, 9.17) is 9.47 Å². The summed E-state index contributed by atoms with van der Waals surface area (Å²) in [5.74, 6) is 0.806. The van der Waals surface area contributed by atoms with Crippen molar-refractivity contribution in [1.82, 2.24) is 0 Å². The highest BCUT2D eigenvalue weighted by Gasteiger charge is 2.09. The number of hydrogen-bond acceptors (Lipinski definition) is 2. The zero-order chi connectivity index (χ0) is 12.1. The molecule has 88 valence electrons. The summed E-state index contributed by atoms with van der Waals surface area (Å²) < 4.78 is 11.5. The van der Waals surface area contributed by atoms with Crippen LogP contribution in [0.25, 0.3) is 11.1 Å². The van der Waals surface area contributed by atoms with E-state index < -0.39 is 0 Å². The third kappa shape index (κ3) is 2.87. The Morgan fingerprint density at radius 3 is 2.47 bits per heavy atom. The fourth-order valence-corrected chi connectivity index (χ4v) is 2.10. The summed E-state index contributed by atoms with van der Waals surface area (Å²) in [6.07, 6.45) is 0. The van der Waals surface area contributed by atoms with Crippen LogP contribution in [0.3, 0.4) is 0 Å². The minimum absolute atomic E-state index is 0.239. The van der Waals surface area contributed by atoms with Gasteiger partial charge in [0.25, 0.3) is 0 Å². The zero-order valence-corrected chi connectivity index (χ0v) is 11.1. The number of methoxy groups -OCH3 is 1. The van der Waals surface area contributed by atoms with Crippen LogP contribution in [0.1, 0.15) is 0 Å². The van der Waals surface area contributed by atoms with Gasteiger partial charge in [-0.3, -0.25) is 0 Å². The van der Waals surface area contributed by atoms with E-state index in [9.17, 15) is 0 Å². The van der Waals surface area contributed by atoms with Crippen molar-refractivity contribution >= 4 is 15.9 Å². The molecule has 0 bridgehead atoms. The first kappa shape index (κ1) is 12.1. The third-order valence-corrected chi connectivity index (χ3v) is 3.00. The highest BCUT2D eigenvalue weighted by Crippen LogP contribution is 2.36. The number of para-hydroxylation sites is 1. The van der Waals surface area contributed by atoms with Crippen molar-refractivity contribution in [2.24, 2.45) is 0 Å². The zero-order valence-electron chi connectivity index (χ0n) is 9.52. The van der Waals surface area contributed by atoms with Crippen molar-refractivity contribution in [3.8, 4) is 16.9 Å². The Labute approximate surface area is 109 Å². The van der Waals surface area contributed by atoms with Crippen LogP contribution in [0.2, 0.25) is 0 Å². The molecule has 3 heteroatoms. The smallest absolute Gasteiger partial charge is 0.188 e. The number of hydrogen-bond donors (Lipinski definition) is 0. The van der Waals surface area contributed by atoms with E-state index in [1.54, 1.807) is 7.11 Å². The third-order valence-electron chi connectivity index (χ3n) is 2.37. The van der Waals surface area contributed by atoms with E-state index in [1.165, 1.54) is 0 Å².